The zero-order valence-electron chi connectivity index (χ0n) is 16.8. The van der Waals surface area contributed by atoms with Gasteiger partial charge in [0.2, 0.25) is 0 Å². The lowest BCUT2D eigenvalue weighted by molar-refractivity contribution is 0.0995. The summed E-state index contributed by atoms with van der Waals surface area (Å²) in [7, 11) is 2.89. The quantitative estimate of drug-likeness (QED) is 0.501. The first-order valence-corrected chi connectivity index (χ1v) is 9.90. The number of aryl methyl sites for hydroxylation is 2. The third kappa shape index (κ3) is 3.66. The lowest BCUT2D eigenvalue weighted by atomic mass is 10.2. The second-order valence-corrected chi connectivity index (χ2v) is 7.86. The Hall–Kier alpha value is -3.99. The maximum atomic E-state index is 12.8. The number of nitrogens with one attached hydrogen (secondary N) is 2. The summed E-state index contributed by atoms with van der Waals surface area (Å²) in [6.07, 6.45) is 2.78. The normalized spacial score (nSPS) is 10.9. The van der Waals surface area contributed by atoms with Crippen LogP contribution in [-0.4, -0.2) is 25.9 Å². The molecule has 0 saturated heterocycles. The van der Waals surface area contributed by atoms with E-state index in [4.69, 9.17) is 4.42 Å². The average Bonchev–Trinajstić information content (AvgIpc) is 3.40. The van der Waals surface area contributed by atoms with Crippen molar-refractivity contribution in [1.29, 1.82) is 0 Å². The Balaban J connectivity index is 1.59. The van der Waals surface area contributed by atoms with E-state index in [2.05, 4.69) is 15.6 Å². The summed E-state index contributed by atoms with van der Waals surface area (Å²) in [6.45, 7) is 1.75. The molecule has 0 aliphatic heterocycles. The van der Waals surface area contributed by atoms with Crippen molar-refractivity contribution in [3.63, 3.8) is 0 Å². The fourth-order valence-electron chi connectivity index (χ4n) is 3.07. The van der Waals surface area contributed by atoms with Crippen LogP contribution in [0.4, 0.5) is 10.7 Å². The molecule has 0 bridgehead atoms. The smallest absolute Gasteiger partial charge is 0.332 e. The number of nitrogens with zero attached hydrogens (tertiary/aromatic N) is 3. The standard InChI is InChI=1S/C20H17N5O5S/c1-10-7-14(23-17(26)13-5-4-6-30-13)31-15(10)18(27)22-11-8-12-16(21-9-11)24(2)20(29)25(3)19(12)28/h4-9H,1-3H3,(H,22,27)(H,23,26). The van der Waals surface area contributed by atoms with E-state index in [0.717, 1.165) is 15.9 Å². The van der Waals surface area contributed by atoms with Gasteiger partial charge < -0.3 is 15.1 Å². The molecular formula is C20H17N5O5S. The minimum atomic E-state index is -0.503. The number of rotatable bonds is 4. The van der Waals surface area contributed by atoms with Gasteiger partial charge in [-0.2, -0.15) is 0 Å². The van der Waals surface area contributed by atoms with Crippen LogP contribution in [0.3, 0.4) is 0 Å². The Morgan fingerprint density at radius 2 is 1.87 bits per heavy atom. The highest BCUT2D eigenvalue weighted by atomic mass is 32.1. The molecule has 4 aromatic rings. The number of hydrogen-bond acceptors (Lipinski definition) is 7. The van der Waals surface area contributed by atoms with E-state index in [1.165, 1.54) is 43.3 Å². The predicted molar refractivity (Wildman–Crippen MR) is 116 cm³/mol. The maximum Gasteiger partial charge on any atom is 0.332 e. The van der Waals surface area contributed by atoms with Gasteiger partial charge in [-0.1, -0.05) is 0 Å². The molecule has 0 radical (unpaired) electrons. The number of aromatic nitrogens is 3. The number of anilines is 2. The summed E-state index contributed by atoms with van der Waals surface area (Å²) in [5, 5.41) is 6.09. The molecule has 158 valence electrons. The Kier molecular flexibility index (Phi) is 5.03. The molecule has 4 heterocycles. The van der Waals surface area contributed by atoms with Gasteiger partial charge in [0.1, 0.15) is 5.65 Å². The van der Waals surface area contributed by atoms with Gasteiger partial charge in [-0.05, 0) is 36.8 Å². The van der Waals surface area contributed by atoms with Crippen LogP contribution >= 0.6 is 11.3 Å². The van der Waals surface area contributed by atoms with Crippen molar-refractivity contribution >= 4 is 44.9 Å². The van der Waals surface area contributed by atoms with Gasteiger partial charge in [0.05, 0.1) is 33.4 Å². The second kappa shape index (κ2) is 7.69. The number of fused-ring (bicyclic) bond motifs is 1. The van der Waals surface area contributed by atoms with E-state index in [-0.39, 0.29) is 16.8 Å². The highest BCUT2D eigenvalue weighted by molar-refractivity contribution is 7.18. The Bertz CT molecular complexity index is 1450. The van der Waals surface area contributed by atoms with Crippen LogP contribution in [0.25, 0.3) is 11.0 Å². The first-order valence-electron chi connectivity index (χ1n) is 9.08. The number of amides is 2. The number of thiophene rings is 1. The molecule has 0 unspecified atom stereocenters. The molecule has 4 aromatic heterocycles. The third-order valence-corrected chi connectivity index (χ3v) is 5.81. The van der Waals surface area contributed by atoms with Crippen LogP contribution < -0.4 is 21.9 Å². The number of pyridine rings is 1. The van der Waals surface area contributed by atoms with Gasteiger partial charge in [0.25, 0.3) is 17.4 Å². The fraction of sp³-hybridized carbons (Fsp3) is 0.150. The molecule has 10 nitrogen and oxygen atoms in total. The van der Waals surface area contributed by atoms with Crippen LogP contribution in [0.5, 0.6) is 0 Å². The summed E-state index contributed by atoms with van der Waals surface area (Å²) in [4.78, 5) is 53.9. The van der Waals surface area contributed by atoms with E-state index in [1.807, 2.05) is 0 Å². The zero-order chi connectivity index (χ0) is 22.3. The molecule has 0 aromatic carbocycles. The van der Waals surface area contributed by atoms with Crippen LogP contribution in [0.15, 0.2) is 50.7 Å². The highest BCUT2D eigenvalue weighted by Gasteiger charge is 2.18. The zero-order valence-corrected chi connectivity index (χ0v) is 17.6. The minimum absolute atomic E-state index is 0.162. The molecule has 0 atom stereocenters. The highest BCUT2D eigenvalue weighted by Crippen LogP contribution is 2.28. The van der Waals surface area contributed by atoms with Gasteiger partial charge in [0.15, 0.2) is 5.76 Å². The monoisotopic (exact) mass is 439 g/mol. The van der Waals surface area contributed by atoms with Crippen molar-refractivity contribution in [2.75, 3.05) is 10.6 Å². The van der Waals surface area contributed by atoms with Crippen LogP contribution in [0, 0.1) is 6.92 Å². The minimum Gasteiger partial charge on any atom is -0.459 e. The number of carbonyl (C=O) groups is 2. The summed E-state index contributed by atoms with van der Waals surface area (Å²) in [6, 6.07) is 6.31. The molecule has 31 heavy (non-hydrogen) atoms. The van der Waals surface area contributed by atoms with Gasteiger partial charge >= 0.3 is 5.69 Å². The summed E-state index contributed by atoms with van der Waals surface area (Å²) in [5.74, 6) is -0.669. The van der Waals surface area contributed by atoms with Gasteiger partial charge in [-0.15, -0.1) is 11.3 Å². The molecular weight excluding hydrogens is 422 g/mol. The van der Waals surface area contributed by atoms with Crippen molar-refractivity contribution in [2.45, 2.75) is 6.92 Å². The van der Waals surface area contributed by atoms with Gasteiger partial charge in [0, 0.05) is 14.1 Å². The number of carbonyl (C=O) groups excluding carboxylic acids is 2. The predicted octanol–water partition coefficient (Wildman–Crippen LogP) is 2.10. The largest absolute Gasteiger partial charge is 0.459 e. The topological polar surface area (TPSA) is 128 Å². The average molecular weight is 439 g/mol. The summed E-state index contributed by atoms with van der Waals surface area (Å²) in [5.41, 5.74) is 0.213. The van der Waals surface area contributed by atoms with Crippen molar-refractivity contribution in [1.82, 2.24) is 14.1 Å². The maximum absolute atomic E-state index is 12.8. The molecule has 2 N–H and O–H groups in total. The van der Waals surface area contributed by atoms with Crippen LogP contribution in [0.2, 0.25) is 0 Å². The second-order valence-electron chi connectivity index (χ2n) is 6.81. The lowest BCUT2D eigenvalue weighted by Crippen LogP contribution is -2.37. The molecule has 4 rings (SSSR count). The van der Waals surface area contributed by atoms with Gasteiger partial charge in [-0.3, -0.25) is 23.5 Å². The first kappa shape index (κ1) is 20.3. The molecule has 0 fully saturated rings. The van der Waals surface area contributed by atoms with E-state index >= 15 is 0 Å². The molecule has 0 saturated carbocycles. The van der Waals surface area contributed by atoms with Crippen LogP contribution in [-0.2, 0) is 14.1 Å². The molecule has 11 heteroatoms. The molecule has 0 aliphatic carbocycles. The van der Waals surface area contributed by atoms with E-state index in [1.54, 1.807) is 19.1 Å². The first-order chi connectivity index (χ1) is 14.8. The summed E-state index contributed by atoms with van der Waals surface area (Å²) < 4.78 is 7.30. The number of furan rings is 1. The Labute approximate surface area is 178 Å². The summed E-state index contributed by atoms with van der Waals surface area (Å²) >= 11 is 1.11. The van der Waals surface area contributed by atoms with Crippen molar-refractivity contribution < 1.29 is 14.0 Å². The van der Waals surface area contributed by atoms with Gasteiger partial charge in [-0.25, -0.2) is 9.78 Å². The van der Waals surface area contributed by atoms with Crippen molar-refractivity contribution in [2.24, 2.45) is 14.1 Å². The third-order valence-electron chi connectivity index (χ3n) is 4.66. The van der Waals surface area contributed by atoms with Crippen molar-refractivity contribution in [3.8, 4) is 0 Å². The SMILES string of the molecule is Cc1cc(NC(=O)c2ccco2)sc1C(=O)Nc1cnc2c(c1)c(=O)n(C)c(=O)n2C. The lowest BCUT2D eigenvalue weighted by Gasteiger charge is -2.09. The Morgan fingerprint density at radius 3 is 2.58 bits per heavy atom. The van der Waals surface area contributed by atoms with Crippen LogP contribution in [0.1, 0.15) is 25.8 Å². The molecule has 0 aliphatic rings. The van der Waals surface area contributed by atoms with E-state index in [9.17, 15) is 19.2 Å². The number of hydrogen-bond donors (Lipinski definition) is 2. The Morgan fingerprint density at radius 1 is 1.10 bits per heavy atom. The van der Waals surface area contributed by atoms with E-state index in [0.29, 0.717) is 21.1 Å². The van der Waals surface area contributed by atoms with Crippen molar-refractivity contribution in [3.05, 3.63) is 73.8 Å². The molecule has 2 amide bonds. The molecule has 0 spiro atoms. The fourth-order valence-corrected chi connectivity index (χ4v) is 4.03. The van der Waals surface area contributed by atoms with E-state index < -0.39 is 23.1 Å².